The van der Waals surface area contributed by atoms with Gasteiger partial charge in [0.2, 0.25) is 0 Å². The lowest BCUT2D eigenvalue weighted by atomic mass is 10.3. The lowest BCUT2D eigenvalue weighted by Gasteiger charge is -2.08. The van der Waals surface area contributed by atoms with Gasteiger partial charge in [0.25, 0.3) is 5.56 Å². The molecule has 18 heavy (non-hydrogen) atoms. The Hall–Kier alpha value is -1.22. The van der Waals surface area contributed by atoms with E-state index in [9.17, 15) is 14.0 Å². The third-order valence-corrected chi connectivity index (χ3v) is 3.82. The van der Waals surface area contributed by atoms with Gasteiger partial charge in [-0.15, -0.1) is 0 Å². The lowest BCUT2D eigenvalue weighted by molar-refractivity contribution is 0.585. The average Bonchev–Trinajstić information content (AvgIpc) is 2.32. The van der Waals surface area contributed by atoms with Crippen LogP contribution in [0.5, 0.6) is 0 Å². The van der Waals surface area contributed by atoms with Crippen molar-refractivity contribution in [2.75, 3.05) is 0 Å². The third kappa shape index (κ3) is 2.19. The fourth-order valence-electron chi connectivity index (χ4n) is 1.32. The van der Waals surface area contributed by atoms with E-state index in [4.69, 9.17) is 11.6 Å². The van der Waals surface area contributed by atoms with Crippen molar-refractivity contribution >= 4 is 34.2 Å². The van der Waals surface area contributed by atoms with Crippen LogP contribution in [0, 0.1) is 9.39 Å². The minimum atomic E-state index is -0.723. The highest BCUT2D eigenvalue weighted by Gasteiger charge is 2.12. The Morgan fingerprint density at radius 3 is 2.72 bits per heavy atom. The molecule has 0 bridgehead atoms. The van der Waals surface area contributed by atoms with Crippen LogP contribution in [0.25, 0.3) is 5.69 Å². The van der Waals surface area contributed by atoms with Crippen LogP contribution in [0.2, 0.25) is 5.02 Å². The number of benzene rings is 1. The standard InChI is InChI=1S/C10H6ClFIN3O2/c1-15-9(17)4-14-16(10(15)18)8-3-7(13)5(11)2-6(8)12/h2-4H,1H3. The zero-order chi connectivity index (χ0) is 13.4. The van der Waals surface area contributed by atoms with Crippen LogP contribution in [-0.2, 0) is 7.05 Å². The van der Waals surface area contributed by atoms with Crippen LogP contribution in [0.3, 0.4) is 0 Å². The quantitative estimate of drug-likeness (QED) is 0.553. The Morgan fingerprint density at radius 2 is 2.06 bits per heavy atom. The van der Waals surface area contributed by atoms with E-state index < -0.39 is 17.1 Å². The molecule has 1 aromatic carbocycles. The summed E-state index contributed by atoms with van der Waals surface area (Å²) in [6.45, 7) is 0. The smallest absolute Gasteiger partial charge is 0.267 e. The molecule has 0 aliphatic heterocycles. The summed E-state index contributed by atoms with van der Waals surface area (Å²) in [5, 5.41) is 3.87. The fourth-order valence-corrected chi connectivity index (χ4v) is 1.92. The second-order valence-electron chi connectivity index (χ2n) is 3.45. The zero-order valence-electron chi connectivity index (χ0n) is 9.02. The van der Waals surface area contributed by atoms with Crippen molar-refractivity contribution in [2.45, 2.75) is 0 Å². The molecule has 1 heterocycles. The summed E-state index contributed by atoms with van der Waals surface area (Å²) in [4.78, 5) is 23.0. The Morgan fingerprint density at radius 1 is 1.39 bits per heavy atom. The van der Waals surface area contributed by atoms with Crippen molar-refractivity contribution in [3.05, 3.63) is 53.6 Å². The highest BCUT2D eigenvalue weighted by Crippen LogP contribution is 2.23. The predicted molar refractivity (Wildman–Crippen MR) is 72.8 cm³/mol. The molecule has 0 unspecified atom stereocenters. The van der Waals surface area contributed by atoms with E-state index >= 15 is 0 Å². The van der Waals surface area contributed by atoms with Gasteiger partial charge in [-0.1, -0.05) is 11.6 Å². The third-order valence-electron chi connectivity index (χ3n) is 2.30. The fraction of sp³-hybridized carbons (Fsp3) is 0.100. The molecule has 94 valence electrons. The minimum Gasteiger partial charge on any atom is -0.267 e. The molecule has 0 spiro atoms. The summed E-state index contributed by atoms with van der Waals surface area (Å²) < 4.78 is 16.0. The molecule has 0 saturated heterocycles. The Kier molecular flexibility index (Phi) is 3.53. The molecule has 2 rings (SSSR count). The summed E-state index contributed by atoms with van der Waals surface area (Å²) >= 11 is 7.67. The van der Waals surface area contributed by atoms with Crippen molar-refractivity contribution in [2.24, 2.45) is 7.05 Å². The van der Waals surface area contributed by atoms with Crippen molar-refractivity contribution in [1.29, 1.82) is 0 Å². The maximum absolute atomic E-state index is 13.8. The van der Waals surface area contributed by atoms with Crippen LogP contribution >= 0.6 is 34.2 Å². The molecule has 0 amide bonds. The first-order valence-electron chi connectivity index (χ1n) is 4.72. The second kappa shape index (κ2) is 4.81. The van der Waals surface area contributed by atoms with Gasteiger partial charge in [-0.05, 0) is 34.7 Å². The van der Waals surface area contributed by atoms with E-state index in [0.29, 0.717) is 3.57 Å². The van der Waals surface area contributed by atoms with Gasteiger partial charge >= 0.3 is 5.69 Å². The van der Waals surface area contributed by atoms with Crippen LogP contribution in [0.4, 0.5) is 4.39 Å². The van der Waals surface area contributed by atoms with Gasteiger partial charge in [-0.25, -0.2) is 9.18 Å². The molecule has 1 aromatic heterocycles. The second-order valence-corrected chi connectivity index (χ2v) is 5.02. The maximum atomic E-state index is 13.8. The van der Waals surface area contributed by atoms with E-state index in [1.165, 1.54) is 13.1 Å². The van der Waals surface area contributed by atoms with Crippen LogP contribution < -0.4 is 11.2 Å². The number of hydrogen-bond acceptors (Lipinski definition) is 3. The summed E-state index contributed by atoms with van der Waals surface area (Å²) in [7, 11) is 1.29. The summed E-state index contributed by atoms with van der Waals surface area (Å²) in [6, 6.07) is 2.48. The molecule has 0 atom stereocenters. The van der Waals surface area contributed by atoms with Gasteiger partial charge in [-0.2, -0.15) is 9.78 Å². The van der Waals surface area contributed by atoms with Crippen LogP contribution in [0.15, 0.2) is 27.9 Å². The van der Waals surface area contributed by atoms with Gasteiger partial charge in [0.15, 0.2) is 5.82 Å². The number of hydrogen-bond donors (Lipinski definition) is 0. The van der Waals surface area contributed by atoms with E-state index in [0.717, 1.165) is 21.5 Å². The van der Waals surface area contributed by atoms with Gasteiger partial charge in [-0.3, -0.25) is 9.36 Å². The first-order valence-corrected chi connectivity index (χ1v) is 6.18. The van der Waals surface area contributed by atoms with E-state index in [2.05, 4.69) is 5.10 Å². The molecule has 2 aromatic rings. The largest absolute Gasteiger partial charge is 0.352 e. The molecule has 0 fully saturated rings. The number of aromatic nitrogens is 3. The first-order chi connectivity index (χ1) is 8.41. The Labute approximate surface area is 119 Å². The summed E-state index contributed by atoms with van der Waals surface area (Å²) in [5.74, 6) is -0.686. The normalized spacial score (nSPS) is 10.7. The van der Waals surface area contributed by atoms with E-state index in [1.807, 2.05) is 22.6 Å². The van der Waals surface area contributed by atoms with E-state index in [1.54, 1.807) is 0 Å². The highest BCUT2D eigenvalue weighted by molar-refractivity contribution is 14.1. The monoisotopic (exact) mass is 381 g/mol. The van der Waals surface area contributed by atoms with Crippen molar-refractivity contribution in [3.8, 4) is 5.69 Å². The number of nitrogens with zero attached hydrogens (tertiary/aromatic N) is 3. The van der Waals surface area contributed by atoms with Crippen LogP contribution in [0.1, 0.15) is 0 Å². The van der Waals surface area contributed by atoms with Crippen molar-refractivity contribution < 1.29 is 4.39 Å². The molecule has 0 saturated carbocycles. The van der Waals surface area contributed by atoms with E-state index in [-0.39, 0.29) is 10.7 Å². The van der Waals surface area contributed by atoms with Crippen molar-refractivity contribution in [1.82, 2.24) is 14.3 Å². The molecule has 8 heteroatoms. The maximum Gasteiger partial charge on any atom is 0.352 e. The molecule has 5 nitrogen and oxygen atoms in total. The highest BCUT2D eigenvalue weighted by atomic mass is 127. The first kappa shape index (κ1) is 13.2. The Balaban J connectivity index is 2.78. The Bertz CT molecular complexity index is 741. The minimum absolute atomic E-state index is 0.0515. The average molecular weight is 382 g/mol. The molecule has 0 radical (unpaired) electrons. The van der Waals surface area contributed by atoms with Crippen molar-refractivity contribution in [3.63, 3.8) is 0 Å². The molecule has 0 N–H and O–H groups in total. The summed E-state index contributed by atoms with van der Waals surface area (Å²) in [5.41, 5.74) is -1.33. The summed E-state index contributed by atoms with van der Waals surface area (Å²) in [6.07, 6.45) is 0.947. The number of halogens is 3. The molecular formula is C10H6ClFIN3O2. The van der Waals surface area contributed by atoms with Gasteiger partial charge in [0, 0.05) is 10.6 Å². The molecular weight excluding hydrogens is 375 g/mol. The zero-order valence-corrected chi connectivity index (χ0v) is 11.9. The van der Waals surface area contributed by atoms with Gasteiger partial charge in [0.05, 0.1) is 5.02 Å². The SMILES string of the molecule is Cn1c(=O)cnn(-c2cc(I)c(Cl)cc2F)c1=O. The number of rotatable bonds is 1. The molecule has 0 aliphatic rings. The van der Waals surface area contributed by atoms with Crippen LogP contribution in [-0.4, -0.2) is 14.3 Å². The lowest BCUT2D eigenvalue weighted by Crippen LogP contribution is -2.38. The predicted octanol–water partition coefficient (Wildman–Crippen LogP) is 1.33. The van der Waals surface area contributed by atoms with Gasteiger partial charge < -0.3 is 0 Å². The molecule has 0 aliphatic carbocycles. The van der Waals surface area contributed by atoms with Gasteiger partial charge in [0.1, 0.15) is 11.9 Å². The topological polar surface area (TPSA) is 56.9 Å².